The Balaban J connectivity index is 2.30. The molecular weight excluding hydrogens is 272 g/mol. The predicted molar refractivity (Wildman–Crippen MR) is 77.6 cm³/mol. The Morgan fingerprint density at radius 1 is 1.19 bits per heavy atom. The molecule has 0 fully saturated rings. The van der Waals surface area contributed by atoms with E-state index in [4.69, 9.17) is 0 Å². The third-order valence-corrected chi connectivity index (χ3v) is 2.97. The van der Waals surface area contributed by atoms with Crippen LogP contribution in [0, 0.1) is 17.0 Å². The lowest BCUT2D eigenvalue weighted by Crippen LogP contribution is -2.14. The summed E-state index contributed by atoms with van der Waals surface area (Å²) in [5.41, 5.74) is 1.15. The molecule has 0 atom stereocenters. The number of hydrogen-bond donors (Lipinski definition) is 1. The molecule has 1 amide bonds. The van der Waals surface area contributed by atoms with Gasteiger partial charge in [0.25, 0.3) is 11.6 Å². The van der Waals surface area contributed by atoms with Crippen LogP contribution in [0.25, 0.3) is 0 Å². The quantitative estimate of drug-likeness (QED) is 0.531. The summed E-state index contributed by atoms with van der Waals surface area (Å²) in [6.07, 6.45) is 0.691. The molecule has 6 nitrogen and oxygen atoms in total. The molecule has 1 N–H and O–H groups in total. The molecule has 106 valence electrons. The predicted octanol–water partition coefficient (Wildman–Crippen LogP) is 2.97. The molecule has 0 saturated heterocycles. The second-order valence-electron chi connectivity index (χ2n) is 4.42. The monoisotopic (exact) mass is 284 g/mol. The van der Waals surface area contributed by atoms with E-state index in [1.165, 1.54) is 6.07 Å². The van der Waals surface area contributed by atoms with Crippen LogP contribution in [-0.2, 0) is 0 Å². The Kier molecular flexibility index (Phi) is 4.08. The molecule has 0 bridgehead atoms. The summed E-state index contributed by atoms with van der Waals surface area (Å²) in [5.74, 6) is -0.566. The van der Waals surface area contributed by atoms with E-state index in [2.05, 4.69) is 5.32 Å². The van der Waals surface area contributed by atoms with Crippen LogP contribution in [0.3, 0.4) is 0 Å². The third kappa shape index (κ3) is 3.11. The number of nitrogens with one attached hydrogen (secondary N) is 1. The third-order valence-electron chi connectivity index (χ3n) is 2.97. The SMILES string of the molecule is Cc1cccc(C(=O)Nc2ccc(C=O)cc2)c1[N+](=O)[O-]. The van der Waals surface area contributed by atoms with E-state index in [9.17, 15) is 19.7 Å². The van der Waals surface area contributed by atoms with Crippen LogP contribution in [0.1, 0.15) is 26.3 Å². The van der Waals surface area contributed by atoms with Gasteiger partial charge in [0, 0.05) is 16.8 Å². The van der Waals surface area contributed by atoms with Gasteiger partial charge >= 0.3 is 0 Å². The Morgan fingerprint density at radius 3 is 2.43 bits per heavy atom. The number of rotatable bonds is 4. The first-order valence-electron chi connectivity index (χ1n) is 6.13. The zero-order chi connectivity index (χ0) is 15.4. The van der Waals surface area contributed by atoms with Gasteiger partial charge in [-0.3, -0.25) is 19.7 Å². The van der Waals surface area contributed by atoms with Crippen molar-refractivity contribution in [2.45, 2.75) is 6.92 Å². The highest BCUT2D eigenvalue weighted by Gasteiger charge is 2.22. The van der Waals surface area contributed by atoms with Crippen LogP contribution in [0.15, 0.2) is 42.5 Å². The number of para-hydroxylation sites is 1. The average Bonchev–Trinajstić information content (AvgIpc) is 2.47. The first kappa shape index (κ1) is 14.4. The highest BCUT2D eigenvalue weighted by Crippen LogP contribution is 2.24. The number of aryl methyl sites for hydroxylation is 1. The molecule has 0 aliphatic carbocycles. The maximum absolute atomic E-state index is 12.2. The van der Waals surface area contributed by atoms with Gasteiger partial charge in [-0.05, 0) is 37.3 Å². The number of nitrogens with zero attached hydrogens (tertiary/aromatic N) is 1. The van der Waals surface area contributed by atoms with Gasteiger partial charge in [-0.1, -0.05) is 12.1 Å². The van der Waals surface area contributed by atoms with E-state index >= 15 is 0 Å². The zero-order valence-electron chi connectivity index (χ0n) is 11.2. The van der Waals surface area contributed by atoms with E-state index in [0.29, 0.717) is 23.1 Å². The maximum atomic E-state index is 12.2. The van der Waals surface area contributed by atoms with E-state index in [-0.39, 0.29) is 11.3 Å². The molecule has 0 aliphatic heterocycles. The average molecular weight is 284 g/mol. The van der Waals surface area contributed by atoms with Gasteiger partial charge in [-0.25, -0.2) is 0 Å². The minimum Gasteiger partial charge on any atom is -0.322 e. The molecule has 0 heterocycles. The molecule has 21 heavy (non-hydrogen) atoms. The van der Waals surface area contributed by atoms with Crippen molar-refractivity contribution in [2.75, 3.05) is 5.32 Å². The molecule has 2 rings (SSSR count). The number of nitro groups is 1. The van der Waals surface area contributed by atoms with Crippen molar-refractivity contribution >= 4 is 23.6 Å². The first-order valence-corrected chi connectivity index (χ1v) is 6.13. The van der Waals surface area contributed by atoms with Crippen molar-refractivity contribution in [2.24, 2.45) is 0 Å². The number of aldehydes is 1. The summed E-state index contributed by atoms with van der Waals surface area (Å²) in [5, 5.41) is 13.6. The summed E-state index contributed by atoms with van der Waals surface area (Å²) in [4.78, 5) is 33.2. The number of carbonyl (C=O) groups is 2. The maximum Gasteiger partial charge on any atom is 0.285 e. The van der Waals surface area contributed by atoms with Crippen LogP contribution in [-0.4, -0.2) is 17.1 Å². The Bertz CT molecular complexity index is 708. The van der Waals surface area contributed by atoms with Gasteiger partial charge in [0.2, 0.25) is 0 Å². The van der Waals surface area contributed by atoms with Crippen molar-refractivity contribution in [3.05, 3.63) is 69.3 Å². The number of anilines is 1. The van der Waals surface area contributed by atoms with Gasteiger partial charge in [0.1, 0.15) is 11.8 Å². The summed E-state index contributed by atoms with van der Waals surface area (Å²) in [6.45, 7) is 1.58. The van der Waals surface area contributed by atoms with Crippen LogP contribution in [0.2, 0.25) is 0 Å². The smallest absolute Gasteiger partial charge is 0.285 e. The molecular formula is C15H12N2O4. The van der Waals surface area contributed by atoms with Crippen LogP contribution >= 0.6 is 0 Å². The topological polar surface area (TPSA) is 89.3 Å². The van der Waals surface area contributed by atoms with Crippen LogP contribution in [0.4, 0.5) is 11.4 Å². The number of hydrogen-bond acceptors (Lipinski definition) is 4. The summed E-state index contributed by atoms with van der Waals surface area (Å²) < 4.78 is 0. The van der Waals surface area contributed by atoms with E-state index in [1.54, 1.807) is 43.3 Å². The summed E-state index contributed by atoms with van der Waals surface area (Å²) >= 11 is 0. The van der Waals surface area contributed by atoms with Crippen LogP contribution in [0.5, 0.6) is 0 Å². The van der Waals surface area contributed by atoms with Crippen molar-refractivity contribution in [1.29, 1.82) is 0 Å². The van der Waals surface area contributed by atoms with Gasteiger partial charge in [0.05, 0.1) is 4.92 Å². The van der Waals surface area contributed by atoms with Crippen molar-refractivity contribution < 1.29 is 14.5 Å². The lowest BCUT2D eigenvalue weighted by molar-refractivity contribution is -0.385. The molecule has 2 aromatic carbocycles. The van der Waals surface area contributed by atoms with Gasteiger partial charge in [-0.2, -0.15) is 0 Å². The normalized spacial score (nSPS) is 9.95. The van der Waals surface area contributed by atoms with E-state index in [0.717, 1.165) is 0 Å². The minimum absolute atomic E-state index is 0.000496. The Morgan fingerprint density at radius 2 is 1.86 bits per heavy atom. The van der Waals surface area contributed by atoms with Crippen molar-refractivity contribution in [3.8, 4) is 0 Å². The standard InChI is InChI=1S/C15H12N2O4/c1-10-3-2-4-13(14(10)17(20)21)15(19)16-12-7-5-11(9-18)6-8-12/h2-9H,1H3,(H,16,19). The Hall–Kier alpha value is -3.02. The van der Waals surface area contributed by atoms with E-state index < -0.39 is 10.8 Å². The fourth-order valence-electron chi connectivity index (χ4n) is 1.93. The Labute approximate surface area is 120 Å². The fourth-order valence-corrected chi connectivity index (χ4v) is 1.93. The van der Waals surface area contributed by atoms with Crippen molar-refractivity contribution in [3.63, 3.8) is 0 Å². The number of nitro benzene ring substituents is 1. The number of amides is 1. The summed E-state index contributed by atoms with van der Waals surface area (Å²) in [7, 11) is 0. The van der Waals surface area contributed by atoms with E-state index in [1.807, 2.05) is 0 Å². The second-order valence-corrected chi connectivity index (χ2v) is 4.42. The second kappa shape index (κ2) is 5.96. The first-order chi connectivity index (χ1) is 10.0. The zero-order valence-corrected chi connectivity index (χ0v) is 11.2. The molecule has 6 heteroatoms. The minimum atomic E-state index is -0.570. The highest BCUT2D eigenvalue weighted by atomic mass is 16.6. The van der Waals surface area contributed by atoms with Gasteiger partial charge in [0.15, 0.2) is 0 Å². The molecule has 0 spiro atoms. The van der Waals surface area contributed by atoms with Crippen LogP contribution < -0.4 is 5.32 Å². The van der Waals surface area contributed by atoms with Gasteiger partial charge < -0.3 is 5.32 Å². The highest BCUT2D eigenvalue weighted by molar-refractivity contribution is 6.07. The number of benzene rings is 2. The lowest BCUT2D eigenvalue weighted by atomic mass is 10.1. The lowest BCUT2D eigenvalue weighted by Gasteiger charge is -2.07. The van der Waals surface area contributed by atoms with Crippen molar-refractivity contribution in [1.82, 2.24) is 0 Å². The molecule has 0 saturated carbocycles. The van der Waals surface area contributed by atoms with Gasteiger partial charge in [-0.15, -0.1) is 0 Å². The molecule has 0 radical (unpaired) electrons. The molecule has 0 aliphatic rings. The fraction of sp³-hybridized carbons (Fsp3) is 0.0667. The largest absolute Gasteiger partial charge is 0.322 e. The number of carbonyl (C=O) groups excluding carboxylic acids is 2. The molecule has 2 aromatic rings. The summed E-state index contributed by atoms with van der Waals surface area (Å²) in [6, 6.07) is 10.8. The molecule has 0 aromatic heterocycles. The molecule has 0 unspecified atom stereocenters.